The lowest BCUT2D eigenvalue weighted by molar-refractivity contribution is -0.146. The van der Waals surface area contributed by atoms with Gasteiger partial charge in [0.25, 0.3) is 0 Å². The SMILES string of the molecule is CCCCC/C=C\[C@@H]1C[C@]1(N)C(=O)OCC. The first kappa shape index (κ1) is 13.2. The number of unbranched alkanes of at least 4 members (excludes halogenated alkanes) is 3. The van der Waals surface area contributed by atoms with Crippen molar-refractivity contribution in [3.63, 3.8) is 0 Å². The van der Waals surface area contributed by atoms with Crippen LogP contribution in [0.1, 0.15) is 46.0 Å². The number of esters is 1. The third-order valence-corrected chi connectivity index (χ3v) is 3.06. The monoisotopic (exact) mass is 225 g/mol. The Hall–Kier alpha value is -0.830. The molecule has 0 radical (unpaired) electrons. The molecular weight excluding hydrogens is 202 g/mol. The number of hydrogen-bond donors (Lipinski definition) is 1. The van der Waals surface area contributed by atoms with Crippen LogP contribution in [0.2, 0.25) is 0 Å². The van der Waals surface area contributed by atoms with Crippen LogP contribution in [0.25, 0.3) is 0 Å². The van der Waals surface area contributed by atoms with Crippen LogP contribution in [0.3, 0.4) is 0 Å². The summed E-state index contributed by atoms with van der Waals surface area (Å²) in [5, 5.41) is 0. The Bertz CT molecular complexity index is 263. The summed E-state index contributed by atoms with van der Waals surface area (Å²) in [6.07, 6.45) is 9.76. The molecule has 0 bridgehead atoms. The fourth-order valence-electron chi connectivity index (χ4n) is 1.82. The molecule has 3 heteroatoms. The fourth-order valence-corrected chi connectivity index (χ4v) is 1.82. The predicted octanol–water partition coefficient (Wildman–Crippen LogP) is 2.40. The van der Waals surface area contributed by atoms with Crippen molar-refractivity contribution in [1.82, 2.24) is 0 Å². The van der Waals surface area contributed by atoms with E-state index in [0.29, 0.717) is 6.61 Å². The zero-order valence-electron chi connectivity index (χ0n) is 10.4. The van der Waals surface area contributed by atoms with Gasteiger partial charge in [-0.1, -0.05) is 31.9 Å². The standard InChI is InChI=1S/C13H23NO2/c1-3-5-6-7-8-9-11-10-13(11,14)12(15)16-4-2/h8-9,11H,3-7,10,14H2,1-2H3/b9-8-/t11-,13-/m1/s1. The van der Waals surface area contributed by atoms with Crippen LogP contribution < -0.4 is 5.73 Å². The number of carbonyl (C=O) groups excluding carboxylic acids is 1. The van der Waals surface area contributed by atoms with Crippen LogP contribution >= 0.6 is 0 Å². The van der Waals surface area contributed by atoms with Gasteiger partial charge in [-0.15, -0.1) is 0 Å². The van der Waals surface area contributed by atoms with Crippen LogP contribution in [0.15, 0.2) is 12.2 Å². The number of rotatable bonds is 7. The van der Waals surface area contributed by atoms with Crippen molar-refractivity contribution in [2.75, 3.05) is 6.61 Å². The Labute approximate surface area is 98.0 Å². The lowest BCUT2D eigenvalue weighted by Gasteiger charge is -2.08. The van der Waals surface area contributed by atoms with Gasteiger partial charge < -0.3 is 10.5 Å². The largest absolute Gasteiger partial charge is 0.465 e. The average Bonchev–Trinajstić information content (AvgIpc) is 2.92. The van der Waals surface area contributed by atoms with E-state index in [4.69, 9.17) is 10.5 Å². The van der Waals surface area contributed by atoms with Gasteiger partial charge >= 0.3 is 5.97 Å². The summed E-state index contributed by atoms with van der Waals surface area (Å²) in [7, 11) is 0. The summed E-state index contributed by atoms with van der Waals surface area (Å²) in [6, 6.07) is 0. The highest BCUT2D eigenvalue weighted by Crippen LogP contribution is 2.43. The molecule has 1 aliphatic carbocycles. The van der Waals surface area contributed by atoms with Crippen LogP contribution in [0.4, 0.5) is 0 Å². The van der Waals surface area contributed by atoms with Gasteiger partial charge in [0, 0.05) is 5.92 Å². The molecule has 16 heavy (non-hydrogen) atoms. The van der Waals surface area contributed by atoms with E-state index in [-0.39, 0.29) is 11.9 Å². The first-order valence-electron chi connectivity index (χ1n) is 6.28. The summed E-state index contributed by atoms with van der Waals surface area (Å²) >= 11 is 0. The van der Waals surface area contributed by atoms with Crippen LogP contribution in [-0.4, -0.2) is 18.1 Å². The third kappa shape index (κ3) is 3.34. The molecule has 0 heterocycles. The number of carbonyl (C=O) groups is 1. The van der Waals surface area contributed by atoms with Crippen molar-refractivity contribution in [1.29, 1.82) is 0 Å². The molecule has 0 saturated heterocycles. The van der Waals surface area contributed by atoms with Crippen molar-refractivity contribution in [3.8, 4) is 0 Å². The second kappa shape index (κ2) is 6.04. The minimum absolute atomic E-state index is 0.188. The van der Waals surface area contributed by atoms with E-state index < -0.39 is 5.54 Å². The van der Waals surface area contributed by atoms with Crippen molar-refractivity contribution in [3.05, 3.63) is 12.2 Å². The van der Waals surface area contributed by atoms with Crippen molar-refractivity contribution >= 4 is 5.97 Å². The highest BCUT2D eigenvalue weighted by Gasteiger charge is 2.56. The topological polar surface area (TPSA) is 52.3 Å². The summed E-state index contributed by atoms with van der Waals surface area (Å²) < 4.78 is 4.95. The predicted molar refractivity (Wildman–Crippen MR) is 64.9 cm³/mol. The van der Waals surface area contributed by atoms with E-state index in [2.05, 4.69) is 19.1 Å². The third-order valence-electron chi connectivity index (χ3n) is 3.06. The molecule has 0 spiro atoms. The second-order valence-electron chi connectivity index (χ2n) is 4.50. The van der Waals surface area contributed by atoms with Crippen molar-refractivity contribution in [2.24, 2.45) is 11.7 Å². The van der Waals surface area contributed by atoms with Crippen LogP contribution in [0.5, 0.6) is 0 Å². The van der Waals surface area contributed by atoms with Gasteiger partial charge in [-0.05, 0) is 26.2 Å². The van der Waals surface area contributed by atoms with Gasteiger partial charge in [0.1, 0.15) is 5.54 Å². The summed E-state index contributed by atoms with van der Waals surface area (Å²) in [5.74, 6) is -0.0635. The first-order valence-corrected chi connectivity index (χ1v) is 6.28. The molecule has 1 saturated carbocycles. The molecule has 3 nitrogen and oxygen atoms in total. The lowest BCUT2D eigenvalue weighted by Crippen LogP contribution is -2.36. The minimum Gasteiger partial charge on any atom is -0.465 e. The molecule has 1 fully saturated rings. The molecule has 1 rings (SSSR count). The van der Waals surface area contributed by atoms with Crippen LogP contribution in [-0.2, 0) is 9.53 Å². The zero-order chi connectivity index (χ0) is 12.0. The number of hydrogen-bond acceptors (Lipinski definition) is 3. The lowest BCUT2D eigenvalue weighted by atomic mass is 10.1. The zero-order valence-corrected chi connectivity index (χ0v) is 10.4. The molecular formula is C13H23NO2. The molecule has 2 atom stereocenters. The van der Waals surface area contributed by atoms with Crippen molar-refractivity contribution in [2.45, 2.75) is 51.5 Å². The van der Waals surface area contributed by atoms with E-state index in [1.54, 1.807) is 6.92 Å². The van der Waals surface area contributed by atoms with Gasteiger partial charge in [0.05, 0.1) is 6.61 Å². The molecule has 2 N–H and O–H groups in total. The average molecular weight is 225 g/mol. The quantitative estimate of drug-likeness (QED) is 0.411. The first-order chi connectivity index (χ1) is 7.65. The highest BCUT2D eigenvalue weighted by atomic mass is 16.5. The van der Waals surface area contributed by atoms with E-state index in [9.17, 15) is 4.79 Å². The van der Waals surface area contributed by atoms with E-state index in [0.717, 1.165) is 12.8 Å². The molecule has 0 aromatic rings. The Balaban J connectivity index is 2.24. The molecule has 0 amide bonds. The summed E-state index contributed by atoms with van der Waals surface area (Å²) in [6.45, 7) is 4.40. The Kier molecular flexibility index (Phi) is 5.00. The molecule has 0 aliphatic heterocycles. The maximum Gasteiger partial charge on any atom is 0.326 e. The summed E-state index contributed by atoms with van der Waals surface area (Å²) in [4.78, 5) is 11.5. The van der Waals surface area contributed by atoms with E-state index in [1.165, 1.54) is 19.3 Å². The van der Waals surface area contributed by atoms with Crippen molar-refractivity contribution < 1.29 is 9.53 Å². The van der Waals surface area contributed by atoms with Gasteiger partial charge in [0.15, 0.2) is 0 Å². The number of ether oxygens (including phenoxy) is 1. The second-order valence-corrected chi connectivity index (χ2v) is 4.50. The Morgan fingerprint density at radius 2 is 2.25 bits per heavy atom. The van der Waals surface area contributed by atoms with E-state index >= 15 is 0 Å². The fraction of sp³-hybridized carbons (Fsp3) is 0.769. The van der Waals surface area contributed by atoms with Gasteiger partial charge in [0.2, 0.25) is 0 Å². The maximum absolute atomic E-state index is 11.5. The Morgan fingerprint density at radius 1 is 1.50 bits per heavy atom. The summed E-state index contributed by atoms with van der Waals surface area (Å²) in [5.41, 5.74) is 5.21. The molecule has 0 aromatic heterocycles. The molecule has 92 valence electrons. The number of allylic oxidation sites excluding steroid dienone is 1. The van der Waals surface area contributed by atoms with Gasteiger partial charge in [-0.25, -0.2) is 0 Å². The van der Waals surface area contributed by atoms with E-state index in [1.807, 2.05) is 0 Å². The smallest absolute Gasteiger partial charge is 0.326 e. The van der Waals surface area contributed by atoms with Gasteiger partial charge in [-0.3, -0.25) is 4.79 Å². The minimum atomic E-state index is -0.725. The highest BCUT2D eigenvalue weighted by molar-refractivity contribution is 5.85. The molecule has 0 aromatic carbocycles. The number of nitrogens with two attached hydrogens (primary N) is 1. The maximum atomic E-state index is 11.5. The Morgan fingerprint density at radius 3 is 2.88 bits per heavy atom. The van der Waals surface area contributed by atoms with Crippen LogP contribution in [0, 0.1) is 5.92 Å². The normalized spacial score (nSPS) is 28.3. The molecule has 1 aliphatic rings. The van der Waals surface area contributed by atoms with Gasteiger partial charge in [-0.2, -0.15) is 0 Å². The molecule has 0 unspecified atom stereocenters.